The molecule has 206 valence electrons. The van der Waals surface area contributed by atoms with E-state index in [0.717, 1.165) is 9.13 Å². The van der Waals surface area contributed by atoms with Gasteiger partial charge in [-0.2, -0.15) is 5.10 Å². The molecule has 3 aromatic rings. The Balaban J connectivity index is 1.69. The molecule has 0 fully saturated rings. The number of nitrogens with zero attached hydrogens (tertiary/aromatic N) is 1. The molecular weight excluding hydrogens is 676 g/mol. The van der Waals surface area contributed by atoms with Gasteiger partial charge in [0.05, 0.1) is 16.4 Å². The van der Waals surface area contributed by atoms with Crippen molar-refractivity contribution in [2.75, 3.05) is 6.61 Å². The minimum absolute atomic E-state index is 0.174. The molecular formula is C28H27Cl3IN3O4. The van der Waals surface area contributed by atoms with Crippen LogP contribution >= 0.6 is 57.4 Å². The van der Waals surface area contributed by atoms with E-state index in [9.17, 15) is 9.59 Å². The molecule has 0 radical (unpaired) electrons. The van der Waals surface area contributed by atoms with Crippen molar-refractivity contribution in [3.05, 3.63) is 89.9 Å². The second kappa shape index (κ2) is 14.7. The fourth-order valence-electron chi connectivity index (χ4n) is 3.45. The van der Waals surface area contributed by atoms with Crippen LogP contribution < -0.4 is 20.2 Å². The number of hydrazone groups is 1. The van der Waals surface area contributed by atoms with Gasteiger partial charge in [-0.3, -0.25) is 9.59 Å². The summed E-state index contributed by atoms with van der Waals surface area (Å²) in [6.45, 7) is 6.20. The Bertz CT molecular complexity index is 1350. The second-order valence-electron chi connectivity index (χ2n) is 8.72. The fraction of sp³-hybridized carbons (Fsp3) is 0.250. The first kappa shape index (κ1) is 31.0. The van der Waals surface area contributed by atoms with Gasteiger partial charge >= 0.3 is 0 Å². The van der Waals surface area contributed by atoms with Crippen molar-refractivity contribution in [2.24, 2.45) is 11.0 Å². The summed E-state index contributed by atoms with van der Waals surface area (Å²) in [5, 5.41) is 8.44. The molecule has 11 heteroatoms. The molecule has 0 aliphatic carbocycles. The van der Waals surface area contributed by atoms with Crippen LogP contribution in [0.15, 0.2) is 59.7 Å². The topological polar surface area (TPSA) is 89.0 Å². The van der Waals surface area contributed by atoms with E-state index in [-0.39, 0.29) is 18.4 Å². The third-order valence-electron chi connectivity index (χ3n) is 5.45. The number of rotatable bonds is 11. The summed E-state index contributed by atoms with van der Waals surface area (Å²) in [7, 11) is 0. The van der Waals surface area contributed by atoms with Crippen LogP contribution in [0.25, 0.3) is 0 Å². The average Bonchev–Trinajstić information content (AvgIpc) is 2.88. The minimum Gasteiger partial charge on any atom is -0.490 e. The number of nitrogens with one attached hydrogen (secondary N) is 2. The SMILES string of the molecule is CCOc1cc(/C=N/NC(=O)C(NC(=O)c2ccc(Cl)cc2)C(C)C)cc(I)c1OCc1ccc(Cl)cc1Cl. The highest BCUT2D eigenvalue weighted by atomic mass is 127. The highest BCUT2D eigenvalue weighted by Gasteiger charge is 2.24. The van der Waals surface area contributed by atoms with Crippen molar-refractivity contribution in [1.29, 1.82) is 0 Å². The van der Waals surface area contributed by atoms with Crippen LogP contribution in [0.1, 0.15) is 42.3 Å². The molecule has 7 nitrogen and oxygen atoms in total. The largest absolute Gasteiger partial charge is 0.490 e. The molecule has 2 amide bonds. The Morgan fingerprint density at radius 1 is 1.00 bits per heavy atom. The zero-order valence-electron chi connectivity index (χ0n) is 21.4. The van der Waals surface area contributed by atoms with Crippen LogP contribution in [-0.4, -0.2) is 30.7 Å². The average molecular weight is 703 g/mol. The predicted octanol–water partition coefficient (Wildman–Crippen LogP) is 7.13. The zero-order chi connectivity index (χ0) is 28.5. The molecule has 2 N–H and O–H groups in total. The van der Waals surface area contributed by atoms with Crippen molar-refractivity contribution in [3.8, 4) is 11.5 Å². The molecule has 0 spiro atoms. The summed E-state index contributed by atoms with van der Waals surface area (Å²) in [4.78, 5) is 25.4. The number of hydrogen-bond donors (Lipinski definition) is 2. The fourth-order valence-corrected chi connectivity index (χ4v) is 4.83. The third-order valence-corrected chi connectivity index (χ3v) is 7.09. The van der Waals surface area contributed by atoms with E-state index in [4.69, 9.17) is 44.3 Å². The molecule has 39 heavy (non-hydrogen) atoms. The molecule has 0 bridgehead atoms. The number of hydrogen-bond acceptors (Lipinski definition) is 5. The van der Waals surface area contributed by atoms with Gasteiger partial charge in [0.1, 0.15) is 12.6 Å². The van der Waals surface area contributed by atoms with Gasteiger partial charge in [-0.1, -0.05) is 54.7 Å². The van der Waals surface area contributed by atoms with Crippen LogP contribution in [0, 0.1) is 9.49 Å². The summed E-state index contributed by atoms with van der Waals surface area (Å²) in [5.41, 5.74) is 4.39. The van der Waals surface area contributed by atoms with E-state index in [1.807, 2.05) is 32.9 Å². The first-order valence-corrected chi connectivity index (χ1v) is 14.2. The van der Waals surface area contributed by atoms with Gasteiger partial charge in [0.15, 0.2) is 11.5 Å². The lowest BCUT2D eigenvalue weighted by Gasteiger charge is -2.20. The van der Waals surface area contributed by atoms with Crippen LogP contribution in [0.2, 0.25) is 15.1 Å². The summed E-state index contributed by atoms with van der Waals surface area (Å²) >= 11 is 20.3. The minimum atomic E-state index is -0.792. The number of ether oxygens (including phenoxy) is 2. The number of benzene rings is 3. The summed E-state index contributed by atoms with van der Waals surface area (Å²) in [6, 6.07) is 14.5. The van der Waals surface area contributed by atoms with Gasteiger partial charge in [0.25, 0.3) is 11.8 Å². The molecule has 1 atom stereocenters. The molecule has 0 aliphatic heterocycles. The lowest BCUT2D eigenvalue weighted by atomic mass is 10.0. The lowest BCUT2D eigenvalue weighted by Crippen LogP contribution is -2.48. The van der Waals surface area contributed by atoms with E-state index in [1.165, 1.54) is 6.21 Å². The van der Waals surface area contributed by atoms with E-state index >= 15 is 0 Å². The van der Waals surface area contributed by atoms with Crippen molar-refractivity contribution in [2.45, 2.75) is 33.4 Å². The number of carbonyl (C=O) groups is 2. The van der Waals surface area contributed by atoms with Crippen LogP contribution in [0.5, 0.6) is 11.5 Å². The molecule has 0 aromatic heterocycles. The Morgan fingerprint density at radius 3 is 2.33 bits per heavy atom. The molecule has 1 unspecified atom stereocenters. The van der Waals surface area contributed by atoms with Gasteiger partial charge in [-0.25, -0.2) is 5.43 Å². The summed E-state index contributed by atoms with van der Waals surface area (Å²) in [5.74, 6) is 0.0958. The number of amides is 2. The van der Waals surface area contributed by atoms with Gasteiger partial charge in [0, 0.05) is 26.2 Å². The van der Waals surface area contributed by atoms with Gasteiger partial charge < -0.3 is 14.8 Å². The molecule has 0 saturated heterocycles. The Kier molecular flexibility index (Phi) is 11.7. The number of halogens is 4. The third kappa shape index (κ3) is 8.99. The Labute approximate surface area is 256 Å². The van der Waals surface area contributed by atoms with Crippen LogP contribution in [0.3, 0.4) is 0 Å². The first-order valence-electron chi connectivity index (χ1n) is 12.0. The Morgan fingerprint density at radius 2 is 1.69 bits per heavy atom. The van der Waals surface area contributed by atoms with E-state index in [0.29, 0.717) is 44.3 Å². The highest BCUT2D eigenvalue weighted by Crippen LogP contribution is 2.35. The quantitative estimate of drug-likeness (QED) is 0.126. The van der Waals surface area contributed by atoms with Crippen molar-refractivity contribution in [1.82, 2.24) is 10.7 Å². The van der Waals surface area contributed by atoms with Crippen LogP contribution in [-0.2, 0) is 11.4 Å². The lowest BCUT2D eigenvalue weighted by molar-refractivity contribution is -0.123. The summed E-state index contributed by atoms with van der Waals surface area (Å²) in [6.07, 6.45) is 1.50. The zero-order valence-corrected chi connectivity index (χ0v) is 25.9. The Hall–Kier alpha value is -2.53. The van der Waals surface area contributed by atoms with Crippen molar-refractivity contribution < 1.29 is 19.1 Å². The van der Waals surface area contributed by atoms with Crippen molar-refractivity contribution in [3.63, 3.8) is 0 Å². The van der Waals surface area contributed by atoms with Gasteiger partial charge in [-0.15, -0.1) is 0 Å². The standard InChI is InChI=1S/C28H27Cl3IN3O4/c1-4-38-24-12-17(11-23(32)26(24)39-15-19-7-10-21(30)13-22(19)31)14-33-35-28(37)25(16(2)3)34-27(36)18-5-8-20(29)9-6-18/h5-14,16,25H,4,15H2,1-3H3,(H,34,36)(H,35,37)/b33-14+. The second-order valence-corrected chi connectivity index (χ2v) is 11.2. The molecule has 0 aliphatic rings. The van der Waals surface area contributed by atoms with E-state index in [2.05, 4.69) is 38.4 Å². The summed E-state index contributed by atoms with van der Waals surface area (Å²) < 4.78 is 12.6. The van der Waals surface area contributed by atoms with Crippen molar-refractivity contribution >= 4 is 75.4 Å². The maximum atomic E-state index is 12.8. The maximum Gasteiger partial charge on any atom is 0.262 e. The van der Waals surface area contributed by atoms with E-state index in [1.54, 1.807) is 42.5 Å². The predicted molar refractivity (Wildman–Crippen MR) is 164 cm³/mol. The van der Waals surface area contributed by atoms with Gasteiger partial charge in [0.2, 0.25) is 0 Å². The highest BCUT2D eigenvalue weighted by molar-refractivity contribution is 14.1. The maximum absolute atomic E-state index is 12.8. The van der Waals surface area contributed by atoms with E-state index < -0.39 is 11.9 Å². The van der Waals surface area contributed by atoms with Gasteiger partial charge in [-0.05, 0) is 89.5 Å². The molecule has 0 heterocycles. The molecule has 0 saturated carbocycles. The molecule has 3 rings (SSSR count). The normalized spacial score (nSPS) is 11.9. The molecule has 3 aromatic carbocycles. The van der Waals surface area contributed by atoms with Crippen LogP contribution in [0.4, 0.5) is 0 Å². The monoisotopic (exact) mass is 701 g/mol. The number of carbonyl (C=O) groups excluding carboxylic acids is 2. The smallest absolute Gasteiger partial charge is 0.262 e. The first-order chi connectivity index (χ1) is 18.6.